The summed E-state index contributed by atoms with van der Waals surface area (Å²) in [4.78, 5) is 9.39. The predicted octanol–water partition coefficient (Wildman–Crippen LogP) is 6.87. The van der Waals surface area contributed by atoms with Gasteiger partial charge in [-0.15, -0.1) is 12.6 Å². The molecule has 2 aromatic carbocycles. The third kappa shape index (κ3) is 4.63. The number of aromatic nitrogens is 3. The van der Waals surface area contributed by atoms with E-state index in [1.165, 1.54) is 5.39 Å². The monoisotopic (exact) mass is 450 g/mol. The van der Waals surface area contributed by atoms with Crippen molar-refractivity contribution >= 4 is 46.9 Å². The second kappa shape index (κ2) is 9.58. The molecule has 160 valence electrons. The Morgan fingerprint density at radius 1 is 1.06 bits per heavy atom. The van der Waals surface area contributed by atoms with E-state index >= 15 is 0 Å². The zero-order chi connectivity index (χ0) is 22.7. The summed E-state index contributed by atoms with van der Waals surface area (Å²) < 4.78 is 2.02. The quantitative estimate of drug-likeness (QED) is 0.334. The molecule has 0 aliphatic heterocycles. The van der Waals surface area contributed by atoms with Gasteiger partial charge in [-0.05, 0) is 60.5 Å². The first-order valence-corrected chi connectivity index (χ1v) is 10.8. The number of fused-ring (bicyclic) bond motifs is 1. The van der Waals surface area contributed by atoms with Crippen LogP contribution in [0.1, 0.15) is 22.3 Å². The largest absolute Gasteiger partial charge is 0.373 e. The fraction of sp³-hybridized carbons (Fsp3) is 0.200. The van der Waals surface area contributed by atoms with E-state index in [4.69, 9.17) is 11.6 Å². The van der Waals surface area contributed by atoms with Gasteiger partial charge in [0.15, 0.2) is 0 Å². The predicted molar refractivity (Wildman–Crippen MR) is 136 cm³/mol. The van der Waals surface area contributed by atoms with Gasteiger partial charge in [-0.2, -0.15) is 0 Å². The molecule has 1 N–H and O–H groups in total. The molecule has 0 unspecified atom stereocenters. The standard InChI is InChI=1S/C14H14N4.C11H13ClS/c1-15-14-6-12-5-10(3-4-11(12)7-17-14)13-8-16-9-18(13)2;1-5-9-6(2)7(3)10(12)8(4)11(9)13/h3-9H,1-2H3,(H,15,17);5,13H,1H2,2-4H3. The van der Waals surface area contributed by atoms with Gasteiger partial charge in [0.2, 0.25) is 0 Å². The lowest BCUT2D eigenvalue weighted by Crippen LogP contribution is -1.93. The number of benzene rings is 2. The Hall–Kier alpha value is -2.76. The van der Waals surface area contributed by atoms with Gasteiger partial charge >= 0.3 is 0 Å². The summed E-state index contributed by atoms with van der Waals surface area (Å²) in [5.41, 5.74) is 6.67. The zero-order valence-corrected chi connectivity index (χ0v) is 20.1. The van der Waals surface area contributed by atoms with Gasteiger partial charge in [-0.3, -0.25) is 0 Å². The Kier molecular flexibility index (Phi) is 7.08. The van der Waals surface area contributed by atoms with Crippen LogP contribution in [0.4, 0.5) is 5.82 Å². The van der Waals surface area contributed by atoms with Crippen LogP contribution in [-0.2, 0) is 7.05 Å². The molecule has 0 saturated heterocycles. The third-order valence-electron chi connectivity index (χ3n) is 5.53. The van der Waals surface area contributed by atoms with Gasteiger partial charge in [0.25, 0.3) is 0 Å². The average Bonchev–Trinajstić information content (AvgIpc) is 3.22. The van der Waals surface area contributed by atoms with Crippen molar-refractivity contribution in [2.75, 3.05) is 12.4 Å². The number of imidazole rings is 1. The number of halogens is 1. The van der Waals surface area contributed by atoms with Gasteiger partial charge in [-0.1, -0.05) is 36.4 Å². The van der Waals surface area contributed by atoms with Crippen molar-refractivity contribution in [3.63, 3.8) is 0 Å². The van der Waals surface area contributed by atoms with Gasteiger partial charge in [0.05, 0.1) is 18.2 Å². The molecule has 0 spiro atoms. The number of hydrogen-bond donors (Lipinski definition) is 2. The van der Waals surface area contributed by atoms with Crippen LogP contribution in [0.15, 0.2) is 54.5 Å². The SMILES string of the molecule is C=Cc1c(C)c(C)c(Cl)c(C)c1S.CNc1cc2cc(-c3cncn3C)ccc2cn1. The molecule has 2 aromatic heterocycles. The van der Waals surface area contributed by atoms with Gasteiger partial charge in [0, 0.05) is 41.2 Å². The molecular weight excluding hydrogens is 424 g/mol. The summed E-state index contributed by atoms with van der Waals surface area (Å²) in [7, 11) is 3.87. The minimum Gasteiger partial charge on any atom is -0.373 e. The normalized spacial score (nSPS) is 10.5. The Morgan fingerprint density at radius 3 is 2.42 bits per heavy atom. The fourth-order valence-corrected chi connectivity index (χ4v) is 4.13. The first-order valence-electron chi connectivity index (χ1n) is 9.93. The van der Waals surface area contributed by atoms with E-state index in [9.17, 15) is 0 Å². The van der Waals surface area contributed by atoms with Crippen LogP contribution in [0.2, 0.25) is 5.02 Å². The smallest absolute Gasteiger partial charge is 0.126 e. The summed E-state index contributed by atoms with van der Waals surface area (Å²) in [6, 6.07) is 8.40. The molecule has 31 heavy (non-hydrogen) atoms. The zero-order valence-electron chi connectivity index (χ0n) is 18.5. The van der Waals surface area contributed by atoms with Crippen molar-refractivity contribution < 1.29 is 0 Å². The molecule has 0 aliphatic rings. The first kappa shape index (κ1) is 22.9. The topological polar surface area (TPSA) is 42.7 Å². The van der Waals surface area contributed by atoms with Crippen molar-refractivity contribution in [3.8, 4) is 11.3 Å². The molecular formula is C25H27ClN4S. The van der Waals surface area contributed by atoms with Crippen molar-refractivity contribution in [2.45, 2.75) is 25.7 Å². The van der Waals surface area contributed by atoms with E-state index in [1.807, 2.05) is 64.2 Å². The van der Waals surface area contributed by atoms with Crippen molar-refractivity contribution in [1.82, 2.24) is 14.5 Å². The number of rotatable bonds is 3. The molecule has 0 amide bonds. The van der Waals surface area contributed by atoms with Crippen LogP contribution in [-0.4, -0.2) is 21.6 Å². The Labute approximate surface area is 194 Å². The van der Waals surface area contributed by atoms with Crippen LogP contribution in [0.25, 0.3) is 28.1 Å². The number of nitrogens with one attached hydrogen (secondary N) is 1. The molecule has 4 nitrogen and oxygen atoms in total. The maximum atomic E-state index is 6.13. The number of aryl methyl sites for hydroxylation is 1. The minimum atomic E-state index is 0.813. The Morgan fingerprint density at radius 2 is 1.81 bits per heavy atom. The summed E-state index contributed by atoms with van der Waals surface area (Å²) in [5, 5.41) is 6.18. The van der Waals surface area contributed by atoms with Gasteiger partial charge in [0.1, 0.15) is 5.82 Å². The van der Waals surface area contributed by atoms with E-state index < -0.39 is 0 Å². The van der Waals surface area contributed by atoms with Crippen LogP contribution < -0.4 is 5.32 Å². The highest BCUT2D eigenvalue weighted by atomic mass is 35.5. The summed E-state index contributed by atoms with van der Waals surface area (Å²) in [5.74, 6) is 0.879. The van der Waals surface area contributed by atoms with E-state index in [0.717, 1.165) is 54.6 Å². The fourth-order valence-electron chi connectivity index (χ4n) is 3.45. The Balaban J connectivity index is 0.000000187. The Bertz CT molecular complexity index is 1230. The third-order valence-corrected chi connectivity index (χ3v) is 6.67. The lowest BCUT2D eigenvalue weighted by molar-refractivity contribution is 0.921. The van der Waals surface area contributed by atoms with Crippen molar-refractivity contribution in [3.05, 3.63) is 76.8 Å². The second-order valence-corrected chi connectivity index (χ2v) is 8.25. The second-order valence-electron chi connectivity index (χ2n) is 7.43. The highest BCUT2D eigenvalue weighted by molar-refractivity contribution is 7.80. The molecule has 0 bridgehead atoms. The molecule has 4 aromatic rings. The molecule has 4 rings (SSSR count). The highest BCUT2D eigenvalue weighted by Crippen LogP contribution is 2.33. The molecule has 0 atom stereocenters. The van der Waals surface area contributed by atoms with Crippen LogP contribution >= 0.6 is 24.2 Å². The lowest BCUT2D eigenvalue weighted by Gasteiger charge is -2.13. The van der Waals surface area contributed by atoms with Crippen molar-refractivity contribution in [2.24, 2.45) is 7.05 Å². The molecule has 0 fully saturated rings. The van der Waals surface area contributed by atoms with E-state index in [2.05, 4.69) is 58.8 Å². The number of thiol groups is 1. The summed E-state index contributed by atoms with van der Waals surface area (Å²) >= 11 is 10.6. The molecule has 2 heterocycles. The van der Waals surface area contributed by atoms with Crippen molar-refractivity contribution in [1.29, 1.82) is 0 Å². The molecule has 0 saturated carbocycles. The van der Waals surface area contributed by atoms with Crippen LogP contribution in [0, 0.1) is 20.8 Å². The molecule has 0 radical (unpaired) electrons. The van der Waals surface area contributed by atoms with Crippen LogP contribution in [0.5, 0.6) is 0 Å². The summed E-state index contributed by atoms with van der Waals surface area (Å²) in [6.07, 6.45) is 7.40. The molecule has 0 aliphatic carbocycles. The maximum Gasteiger partial charge on any atom is 0.126 e. The van der Waals surface area contributed by atoms with E-state index in [-0.39, 0.29) is 0 Å². The van der Waals surface area contributed by atoms with E-state index in [0.29, 0.717) is 0 Å². The minimum absolute atomic E-state index is 0.813. The van der Waals surface area contributed by atoms with E-state index in [1.54, 1.807) is 0 Å². The average molecular weight is 451 g/mol. The maximum absolute atomic E-state index is 6.13. The number of nitrogens with zero attached hydrogens (tertiary/aromatic N) is 3. The van der Waals surface area contributed by atoms with Gasteiger partial charge in [-0.25, -0.2) is 9.97 Å². The number of anilines is 1. The van der Waals surface area contributed by atoms with Gasteiger partial charge < -0.3 is 9.88 Å². The number of hydrogen-bond acceptors (Lipinski definition) is 4. The molecule has 6 heteroatoms. The first-order chi connectivity index (χ1) is 14.8. The highest BCUT2D eigenvalue weighted by Gasteiger charge is 2.11. The number of pyridine rings is 1. The summed E-state index contributed by atoms with van der Waals surface area (Å²) in [6.45, 7) is 9.81. The van der Waals surface area contributed by atoms with Crippen LogP contribution in [0.3, 0.4) is 0 Å². The lowest BCUT2D eigenvalue weighted by atomic mass is 10.00.